The Kier molecular flexibility index (Phi) is 5.60. The van der Waals surface area contributed by atoms with E-state index in [1.54, 1.807) is 6.20 Å². The molecule has 3 aromatic heterocycles. The summed E-state index contributed by atoms with van der Waals surface area (Å²) in [5.41, 5.74) is 12.3. The van der Waals surface area contributed by atoms with Gasteiger partial charge in [0.15, 0.2) is 11.6 Å². The van der Waals surface area contributed by atoms with Crippen LogP contribution in [0.2, 0.25) is 0 Å². The van der Waals surface area contributed by atoms with Gasteiger partial charge in [-0.3, -0.25) is 4.68 Å². The van der Waals surface area contributed by atoms with Crippen LogP contribution in [-0.4, -0.2) is 19.7 Å². The lowest BCUT2D eigenvalue weighted by molar-refractivity contribution is 0.608. The Hall–Kier alpha value is -4.65. The molecule has 0 fully saturated rings. The maximum Gasteiger partial charge on any atom is 0.181 e. The number of hydrogen-bond acceptors (Lipinski definition) is 6. The monoisotopic (exact) mass is 488 g/mol. The number of benzene rings is 3. The highest BCUT2D eigenvalue weighted by Crippen LogP contribution is 2.34. The molecule has 6 aromatic rings. The topological polar surface area (TPSA) is 94.8 Å². The van der Waals surface area contributed by atoms with Gasteiger partial charge >= 0.3 is 0 Å². The maximum atomic E-state index is 6.09. The predicted octanol–water partition coefficient (Wildman–Crippen LogP) is 6.43. The molecule has 37 heavy (non-hydrogen) atoms. The summed E-state index contributed by atoms with van der Waals surface area (Å²) in [6.45, 7) is 4.23. The van der Waals surface area contributed by atoms with Crippen molar-refractivity contribution < 1.29 is 4.42 Å². The zero-order chi connectivity index (χ0) is 25.5. The van der Waals surface area contributed by atoms with E-state index in [0.717, 1.165) is 61.9 Å². The molecule has 7 nitrogen and oxygen atoms in total. The van der Waals surface area contributed by atoms with Crippen molar-refractivity contribution in [1.29, 1.82) is 0 Å². The molecule has 0 aliphatic heterocycles. The van der Waals surface area contributed by atoms with Crippen LogP contribution in [0.25, 0.3) is 33.1 Å². The molecule has 1 unspecified atom stereocenters. The molecule has 0 aliphatic carbocycles. The minimum Gasteiger partial charge on any atom is -0.464 e. The number of anilines is 2. The van der Waals surface area contributed by atoms with Gasteiger partial charge in [-0.1, -0.05) is 37.3 Å². The molecule has 0 spiro atoms. The van der Waals surface area contributed by atoms with Crippen molar-refractivity contribution in [2.24, 2.45) is 7.05 Å². The standard InChI is InChI=1S/C30H28N6O/c1-4-19-14-22(16-25-18(2)17-37-27(19)25)26(30-34-29(35-36(30)3)20-8-6-5-7-9-20)33-23-10-11-24-21(15-23)12-13-32-28(24)31/h5-17,26,33H,4H2,1-3H3,(H2,31,32). The zero-order valence-corrected chi connectivity index (χ0v) is 21.1. The van der Waals surface area contributed by atoms with E-state index >= 15 is 0 Å². The van der Waals surface area contributed by atoms with E-state index in [1.165, 1.54) is 0 Å². The Labute approximate surface area is 215 Å². The molecule has 0 aliphatic rings. The molecule has 7 heteroatoms. The van der Waals surface area contributed by atoms with Crippen LogP contribution in [0.15, 0.2) is 83.6 Å². The first-order chi connectivity index (χ1) is 18.0. The molecule has 3 aromatic carbocycles. The van der Waals surface area contributed by atoms with Gasteiger partial charge in [0, 0.05) is 35.3 Å². The number of pyridine rings is 1. The SMILES string of the molecule is CCc1cc(C(Nc2ccc3c(N)nccc3c2)c2nc(-c3ccccc3)nn2C)cc2c(C)coc12. The largest absolute Gasteiger partial charge is 0.464 e. The second-order valence-electron chi connectivity index (χ2n) is 9.32. The van der Waals surface area contributed by atoms with Gasteiger partial charge in [0.25, 0.3) is 0 Å². The molecule has 3 N–H and O–H groups in total. The summed E-state index contributed by atoms with van der Waals surface area (Å²) in [4.78, 5) is 9.23. The number of nitrogens with one attached hydrogen (secondary N) is 1. The lowest BCUT2D eigenvalue weighted by Gasteiger charge is -2.21. The van der Waals surface area contributed by atoms with E-state index in [0.29, 0.717) is 11.6 Å². The quantitative estimate of drug-likeness (QED) is 0.280. The average molecular weight is 489 g/mol. The number of aromatic nitrogens is 4. The van der Waals surface area contributed by atoms with Gasteiger partial charge < -0.3 is 15.5 Å². The Morgan fingerprint density at radius 3 is 2.68 bits per heavy atom. The summed E-state index contributed by atoms with van der Waals surface area (Å²) in [7, 11) is 1.94. The minimum atomic E-state index is -0.254. The second kappa shape index (κ2) is 9.09. The van der Waals surface area contributed by atoms with Crippen LogP contribution in [-0.2, 0) is 13.5 Å². The molecule has 0 bridgehead atoms. The van der Waals surface area contributed by atoms with E-state index in [4.69, 9.17) is 20.2 Å². The normalized spacial score (nSPS) is 12.3. The first-order valence-electron chi connectivity index (χ1n) is 12.4. The summed E-state index contributed by atoms with van der Waals surface area (Å²) >= 11 is 0. The Balaban J connectivity index is 1.51. The number of nitrogen functional groups attached to an aromatic ring is 1. The highest BCUT2D eigenvalue weighted by atomic mass is 16.3. The van der Waals surface area contributed by atoms with Crippen molar-refractivity contribution in [2.45, 2.75) is 26.3 Å². The summed E-state index contributed by atoms with van der Waals surface area (Å²) < 4.78 is 7.77. The van der Waals surface area contributed by atoms with Crippen LogP contribution in [0, 0.1) is 6.92 Å². The molecule has 0 saturated carbocycles. The van der Waals surface area contributed by atoms with Crippen molar-refractivity contribution in [3.05, 3.63) is 102 Å². The number of furan rings is 1. The molecule has 0 saturated heterocycles. The fraction of sp³-hybridized carbons (Fsp3) is 0.167. The molecule has 1 atom stereocenters. The number of hydrogen-bond donors (Lipinski definition) is 2. The molecule has 3 heterocycles. The van der Waals surface area contributed by atoms with Crippen LogP contribution in [0.5, 0.6) is 0 Å². The van der Waals surface area contributed by atoms with E-state index in [9.17, 15) is 0 Å². The lowest BCUT2D eigenvalue weighted by Crippen LogP contribution is -2.17. The smallest absolute Gasteiger partial charge is 0.181 e. The van der Waals surface area contributed by atoms with Gasteiger partial charge in [-0.2, -0.15) is 5.10 Å². The van der Waals surface area contributed by atoms with Gasteiger partial charge in [0.2, 0.25) is 0 Å². The molecule has 0 amide bonds. The molecule has 184 valence electrons. The van der Waals surface area contributed by atoms with E-state index in [1.807, 2.05) is 66.5 Å². The van der Waals surface area contributed by atoms with Crippen LogP contribution < -0.4 is 11.1 Å². The fourth-order valence-electron chi connectivity index (χ4n) is 4.90. The highest BCUT2D eigenvalue weighted by molar-refractivity contribution is 5.93. The predicted molar refractivity (Wildman–Crippen MR) is 148 cm³/mol. The molecule has 6 rings (SSSR count). The van der Waals surface area contributed by atoms with Crippen molar-refractivity contribution in [2.75, 3.05) is 11.1 Å². The maximum absolute atomic E-state index is 6.09. The van der Waals surface area contributed by atoms with Crippen molar-refractivity contribution in [3.63, 3.8) is 0 Å². The van der Waals surface area contributed by atoms with E-state index < -0.39 is 0 Å². The zero-order valence-electron chi connectivity index (χ0n) is 21.1. The first-order valence-corrected chi connectivity index (χ1v) is 12.4. The Morgan fingerprint density at radius 2 is 1.86 bits per heavy atom. The van der Waals surface area contributed by atoms with Crippen LogP contribution in [0.4, 0.5) is 11.5 Å². The lowest BCUT2D eigenvalue weighted by atomic mass is 9.97. The third-order valence-corrected chi connectivity index (χ3v) is 6.87. The summed E-state index contributed by atoms with van der Waals surface area (Å²) in [6.07, 6.45) is 4.42. The first kappa shape index (κ1) is 22.8. The second-order valence-corrected chi connectivity index (χ2v) is 9.32. The molecular formula is C30H28N6O. The summed E-state index contributed by atoms with van der Waals surface area (Å²) in [6, 6.07) is 22.3. The Morgan fingerprint density at radius 1 is 1.03 bits per heavy atom. The van der Waals surface area contributed by atoms with Crippen molar-refractivity contribution in [3.8, 4) is 11.4 Å². The number of nitrogens with zero attached hydrogens (tertiary/aromatic N) is 4. The van der Waals surface area contributed by atoms with E-state index in [-0.39, 0.29) is 6.04 Å². The van der Waals surface area contributed by atoms with Crippen LogP contribution in [0.1, 0.15) is 35.5 Å². The van der Waals surface area contributed by atoms with Gasteiger partial charge in [0.05, 0.1) is 6.26 Å². The summed E-state index contributed by atoms with van der Waals surface area (Å²) in [5.74, 6) is 2.03. The van der Waals surface area contributed by atoms with Gasteiger partial charge in [-0.05, 0) is 71.8 Å². The van der Waals surface area contributed by atoms with Crippen molar-refractivity contribution >= 4 is 33.2 Å². The minimum absolute atomic E-state index is 0.254. The third kappa shape index (κ3) is 4.08. The van der Waals surface area contributed by atoms with E-state index in [2.05, 4.69) is 42.3 Å². The van der Waals surface area contributed by atoms with Crippen molar-refractivity contribution in [1.82, 2.24) is 19.7 Å². The fourth-order valence-corrected chi connectivity index (χ4v) is 4.90. The number of fused-ring (bicyclic) bond motifs is 2. The van der Waals surface area contributed by atoms with Gasteiger partial charge in [0.1, 0.15) is 17.4 Å². The average Bonchev–Trinajstić information content (AvgIpc) is 3.50. The molecule has 0 radical (unpaired) electrons. The van der Waals surface area contributed by atoms with Gasteiger partial charge in [-0.25, -0.2) is 9.97 Å². The number of aryl methyl sites for hydroxylation is 3. The molecular weight excluding hydrogens is 460 g/mol. The number of rotatable bonds is 6. The summed E-state index contributed by atoms with van der Waals surface area (Å²) in [5, 5.41) is 11.6. The van der Waals surface area contributed by atoms with Crippen LogP contribution >= 0.6 is 0 Å². The third-order valence-electron chi connectivity index (χ3n) is 6.87. The number of nitrogens with two attached hydrogens (primary N) is 1. The Bertz CT molecular complexity index is 1730. The highest BCUT2D eigenvalue weighted by Gasteiger charge is 2.24. The van der Waals surface area contributed by atoms with Gasteiger partial charge in [-0.15, -0.1) is 0 Å². The van der Waals surface area contributed by atoms with Crippen LogP contribution in [0.3, 0.4) is 0 Å².